The van der Waals surface area contributed by atoms with Gasteiger partial charge in [-0.1, -0.05) is 18.2 Å². The predicted molar refractivity (Wildman–Crippen MR) is 75.2 cm³/mol. The van der Waals surface area contributed by atoms with Crippen molar-refractivity contribution in [3.05, 3.63) is 57.8 Å². The highest BCUT2D eigenvalue weighted by Crippen LogP contribution is 2.17. The van der Waals surface area contributed by atoms with Gasteiger partial charge in [-0.05, 0) is 59.1 Å². The number of nitrogens with one attached hydrogen (secondary N) is 1. The van der Waals surface area contributed by atoms with Crippen molar-refractivity contribution in [1.82, 2.24) is 4.98 Å². The molecule has 88 valence electrons. The molecular weight excluding hydrogens is 276 g/mol. The van der Waals surface area contributed by atoms with E-state index >= 15 is 0 Å². The molecule has 0 bridgehead atoms. The zero-order valence-corrected chi connectivity index (χ0v) is 11.6. The number of hydrogen-bond acceptors (Lipinski definition) is 2. The molecule has 0 unspecified atom stereocenters. The molecule has 3 heteroatoms. The van der Waals surface area contributed by atoms with Gasteiger partial charge in [0.2, 0.25) is 0 Å². The van der Waals surface area contributed by atoms with Crippen molar-refractivity contribution < 1.29 is 0 Å². The molecule has 0 amide bonds. The van der Waals surface area contributed by atoms with Crippen molar-refractivity contribution in [2.45, 2.75) is 20.4 Å². The SMILES string of the molecule is Cc1ccc(C)c(NCc2cccc(Br)n2)c1. The molecule has 1 aromatic heterocycles. The third kappa shape index (κ3) is 3.30. The second-order valence-corrected chi connectivity index (χ2v) is 4.94. The van der Waals surface area contributed by atoms with Crippen LogP contribution in [0.5, 0.6) is 0 Å². The number of nitrogens with zero attached hydrogens (tertiary/aromatic N) is 1. The third-order valence-electron chi connectivity index (χ3n) is 2.63. The van der Waals surface area contributed by atoms with Crippen molar-refractivity contribution in [3.8, 4) is 0 Å². The van der Waals surface area contributed by atoms with Crippen LogP contribution in [0.3, 0.4) is 0 Å². The molecule has 0 aliphatic rings. The summed E-state index contributed by atoms with van der Waals surface area (Å²) >= 11 is 3.38. The zero-order valence-electron chi connectivity index (χ0n) is 10.00. The van der Waals surface area contributed by atoms with E-state index in [0.29, 0.717) is 0 Å². The number of aryl methyl sites for hydroxylation is 2. The number of halogens is 1. The molecular formula is C14H15BrN2. The van der Waals surface area contributed by atoms with E-state index in [1.165, 1.54) is 16.8 Å². The molecule has 0 atom stereocenters. The summed E-state index contributed by atoms with van der Waals surface area (Å²) in [6, 6.07) is 12.4. The van der Waals surface area contributed by atoms with E-state index in [0.717, 1.165) is 16.8 Å². The molecule has 0 saturated heterocycles. The van der Waals surface area contributed by atoms with Crippen LogP contribution >= 0.6 is 15.9 Å². The number of pyridine rings is 1. The minimum atomic E-state index is 0.740. The summed E-state index contributed by atoms with van der Waals surface area (Å²) in [5.41, 5.74) is 4.72. The molecule has 2 nitrogen and oxygen atoms in total. The molecule has 0 saturated carbocycles. The topological polar surface area (TPSA) is 24.9 Å². The lowest BCUT2D eigenvalue weighted by atomic mass is 10.1. The second-order valence-electron chi connectivity index (χ2n) is 4.12. The first-order valence-corrected chi connectivity index (χ1v) is 6.37. The van der Waals surface area contributed by atoms with Crippen molar-refractivity contribution in [2.24, 2.45) is 0 Å². The minimum Gasteiger partial charge on any atom is -0.379 e. The molecule has 0 fully saturated rings. The van der Waals surface area contributed by atoms with Gasteiger partial charge < -0.3 is 5.32 Å². The Bertz CT molecular complexity index is 523. The lowest BCUT2D eigenvalue weighted by molar-refractivity contribution is 1.03. The molecule has 1 aromatic carbocycles. The van der Waals surface area contributed by atoms with E-state index in [4.69, 9.17) is 0 Å². The largest absolute Gasteiger partial charge is 0.379 e. The highest BCUT2D eigenvalue weighted by molar-refractivity contribution is 9.10. The normalized spacial score (nSPS) is 10.3. The molecule has 2 aromatic rings. The van der Waals surface area contributed by atoms with Gasteiger partial charge in [0.1, 0.15) is 4.60 Å². The monoisotopic (exact) mass is 290 g/mol. The Balaban J connectivity index is 2.09. The Labute approximate surface area is 110 Å². The Morgan fingerprint density at radius 3 is 2.76 bits per heavy atom. The number of aromatic nitrogens is 1. The van der Waals surface area contributed by atoms with Gasteiger partial charge in [0.05, 0.1) is 12.2 Å². The van der Waals surface area contributed by atoms with E-state index in [2.05, 4.69) is 58.3 Å². The summed E-state index contributed by atoms with van der Waals surface area (Å²) in [5, 5.41) is 3.41. The Morgan fingerprint density at radius 2 is 2.00 bits per heavy atom. The maximum absolute atomic E-state index is 4.39. The molecule has 1 heterocycles. The van der Waals surface area contributed by atoms with Crippen LogP contribution in [0.4, 0.5) is 5.69 Å². The second kappa shape index (κ2) is 5.32. The Hall–Kier alpha value is -1.35. The van der Waals surface area contributed by atoms with Gasteiger partial charge in [0.15, 0.2) is 0 Å². The summed E-state index contributed by atoms with van der Waals surface area (Å²) in [5.74, 6) is 0. The van der Waals surface area contributed by atoms with Gasteiger partial charge >= 0.3 is 0 Å². The van der Waals surface area contributed by atoms with Gasteiger partial charge in [-0.2, -0.15) is 0 Å². The summed E-state index contributed by atoms with van der Waals surface area (Å²) in [6.45, 7) is 4.95. The zero-order chi connectivity index (χ0) is 12.3. The number of anilines is 1. The highest BCUT2D eigenvalue weighted by atomic mass is 79.9. The van der Waals surface area contributed by atoms with Crippen molar-refractivity contribution in [2.75, 3.05) is 5.32 Å². The fraction of sp³-hybridized carbons (Fsp3) is 0.214. The molecule has 0 radical (unpaired) electrons. The lowest BCUT2D eigenvalue weighted by Crippen LogP contribution is -2.03. The Morgan fingerprint density at radius 1 is 1.18 bits per heavy atom. The average Bonchev–Trinajstić information content (AvgIpc) is 2.30. The first-order chi connectivity index (χ1) is 8.15. The van der Waals surface area contributed by atoms with Crippen molar-refractivity contribution in [1.29, 1.82) is 0 Å². The predicted octanol–water partition coefficient (Wildman–Crippen LogP) is 4.07. The smallest absolute Gasteiger partial charge is 0.106 e. The average molecular weight is 291 g/mol. The molecule has 17 heavy (non-hydrogen) atoms. The van der Waals surface area contributed by atoms with Crippen LogP contribution in [0.2, 0.25) is 0 Å². The van der Waals surface area contributed by atoms with E-state index < -0.39 is 0 Å². The number of hydrogen-bond donors (Lipinski definition) is 1. The fourth-order valence-corrected chi connectivity index (χ4v) is 2.04. The van der Waals surface area contributed by atoms with Gasteiger partial charge in [0.25, 0.3) is 0 Å². The van der Waals surface area contributed by atoms with Crippen LogP contribution in [0.15, 0.2) is 41.0 Å². The van der Waals surface area contributed by atoms with Crippen LogP contribution in [0, 0.1) is 13.8 Å². The molecule has 0 aliphatic heterocycles. The minimum absolute atomic E-state index is 0.740. The first kappa shape index (κ1) is 12.1. The molecule has 2 rings (SSSR count). The van der Waals surface area contributed by atoms with Crippen LogP contribution in [0.25, 0.3) is 0 Å². The summed E-state index contributed by atoms with van der Waals surface area (Å²) < 4.78 is 0.873. The van der Waals surface area contributed by atoms with Crippen LogP contribution in [-0.4, -0.2) is 4.98 Å². The first-order valence-electron chi connectivity index (χ1n) is 5.58. The summed E-state index contributed by atoms with van der Waals surface area (Å²) in [6.07, 6.45) is 0. The quantitative estimate of drug-likeness (QED) is 0.862. The van der Waals surface area contributed by atoms with Crippen LogP contribution < -0.4 is 5.32 Å². The van der Waals surface area contributed by atoms with E-state index in [1.807, 2.05) is 18.2 Å². The van der Waals surface area contributed by atoms with Gasteiger partial charge in [-0.15, -0.1) is 0 Å². The molecule has 0 spiro atoms. The Kier molecular flexibility index (Phi) is 3.79. The third-order valence-corrected chi connectivity index (χ3v) is 3.07. The maximum Gasteiger partial charge on any atom is 0.106 e. The van der Waals surface area contributed by atoms with E-state index in [-0.39, 0.29) is 0 Å². The standard InChI is InChI=1S/C14H15BrN2/c1-10-6-7-11(2)13(8-10)16-9-12-4-3-5-14(15)17-12/h3-8,16H,9H2,1-2H3. The molecule has 0 aliphatic carbocycles. The van der Waals surface area contributed by atoms with E-state index in [9.17, 15) is 0 Å². The van der Waals surface area contributed by atoms with Crippen LogP contribution in [-0.2, 0) is 6.54 Å². The van der Waals surface area contributed by atoms with Gasteiger partial charge in [-0.3, -0.25) is 0 Å². The van der Waals surface area contributed by atoms with Crippen molar-refractivity contribution in [3.63, 3.8) is 0 Å². The number of rotatable bonds is 3. The highest BCUT2D eigenvalue weighted by Gasteiger charge is 1.99. The van der Waals surface area contributed by atoms with Crippen molar-refractivity contribution >= 4 is 21.6 Å². The van der Waals surface area contributed by atoms with Gasteiger partial charge in [0, 0.05) is 5.69 Å². The summed E-state index contributed by atoms with van der Waals surface area (Å²) in [4.78, 5) is 4.39. The van der Waals surface area contributed by atoms with Crippen LogP contribution in [0.1, 0.15) is 16.8 Å². The maximum atomic E-state index is 4.39. The summed E-state index contributed by atoms with van der Waals surface area (Å²) in [7, 11) is 0. The van der Waals surface area contributed by atoms with E-state index in [1.54, 1.807) is 0 Å². The van der Waals surface area contributed by atoms with Gasteiger partial charge in [-0.25, -0.2) is 4.98 Å². The lowest BCUT2D eigenvalue weighted by Gasteiger charge is -2.10. The fourth-order valence-electron chi connectivity index (χ4n) is 1.66. The number of benzene rings is 1. The molecule has 1 N–H and O–H groups in total.